The normalized spacial score (nSPS) is 25.7. The lowest BCUT2D eigenvalue weighted by Crippen LogP contribution is -2.34. The van der Waals surface area contributed by atoms with Gasteiger partial charge in [0.2, 0.25) is 0 Å². The fourth-order valence-corrected chi connectivity index (χ4v) is 2.15. The molecule has 2 nitrogen and oxygen atoms in total. The molecule has 0 radical (unpaired) electrons. The van der Waals surface area contributed by atoms with E-state index in [1.807, 2.05) is 6.92 Å². The van der Waals surface area contributed by atoms with Crippen LogP contribution < -0.4 is 0 Å². The van der Waals surface area contributed by atoms with Gasteiger partial charge in [-0.05, 0) is 26.2 Å². The number of ketones is 1. The molecule has 0 N–H and O–H groups in total. The molecule has 1 unspecified atom stereocenters. The third-order valence-corrected chi connectivity index (χ3v) is 3.32. The highest BCUT2D eigenvalue weighted by molar-refractivity contribution is 5.87. The first-order valence-corrected chi connectivity index (χ1v) is 6.36. The summed E-state index contributed by atoms with van der Waals surface area (Å²) in [5.41, 5.74) is -0.440. The van der Waals surface area contributed by atoms with Crippen molar-refractivity contribution in [3.8, 4) is 0 Å². The van der Waals surface area contributed by atoms with E-state index < -0.39 is 5.60 Å². The van der Waals surface area contributed by atoms with Gasteiger partial charge >= 0.3 is 0 Å². The average molecular weight is 212 g/mol. The fraction of sp³-hybridized carbons (Fsp3) is 0.923. The Hall–Kier alpha value is -0.370. The molecule has 1 rings (SSSR count). The molecule has 0 aromatic rings. The van der Waals surface area contributed by atoms with Crippen molar-refractivity contribution in [2.75, 3.05) is 6.61 Å². The van der Waals surface area contributed by atoms with Gasteiger partial charge in [0, 0.05) is 13.0 Å². The van der Waals surface area contributed by atoms with Gasteiger partial charge in [0.15, 0.2) is 5.78 Å². The summed E-state index contributed by atoms with van der Waals surface area (Å²) in [4.78, 5) is 11.9. The van der Waals surface area contributed by atoms with Gasteiger partial charge in [-0.3, -0.25) is 4.79 Å². The molecular formula is C13H24O2. The van der Waals surface area contributed by atoms with E-state index in [4.69, 9.17) is 4.74 Å². The molecule has 2 heteroatoms. The van der Waals surface area contributed by atoms with Crippen molar-refractivity contribution in [1.82, 2.24) is 0 Å². The Kier molecular flexibility index (Phi) is 5.30. The summed E-state index contributed by atoms with van der Waals surface area (Å²) in [6.07, 6.45) is 8.71. The van der Waals surface area contributed by atoms with Crippen molar-refractivity contribution in [3.05, 3.63) is 0 Å². The summed E-state index contributed by atoms with van der Waals surface area (Å²) in [6, 6.07) is 0. The highest BCUT2D eigenvalue weighted by Gasteiger charge is 2.36. The van der Waals surface area contributed by atoms with E-state index in [1.54, 1.807) is 0 Å². The molecule has 1 saturated heterocycles. The van der Waals surface area contributed by atoms with Crippen LogP contribution in [0.3, 0.4) is 0 Å². The molecule has 1 atom stereocenters. The lowest BCUT2D eigenvalue weighted by atomic mass is 9.93. The van der Waals surface area contributed by atoms with Gasteiger partial charge in [-0.1, -0.05) is 32.6 Å². The minimum atomic E-state index is -0.440. The number of rotatable bonds is 7. The van der Waals surface area contributed by atoms with Crippen LogP contribution in [0.4, 0.5) is 0 Å². The Balaban J connectivity index is 2.12. The third-order valence-electron chi connectivity index (χ3n) is 3.32. The molecule has 1 fully saturated rings. The zero-order valence-electron chi connectivity index (χ0n) is 10.2. The first-order chi connectivity index (χ1) is 7.19. The number of Topliss-reactive ketones (excluding diaryl/α,β-unsaturated/α-hetero) is 1. The van der Waals surface area contributed by atoms with E-state index in [0.29, 0.717) is 12.2 Å². The lowest BCUT2D eigenvalue weighted by Gasteiger charge is -2.21. The number of hydrogen-bond acceptors (Lipinski definition) is 2. The summed E-state index contributed by atoms with van der Waals surface area (Å²) in [5, 5.41) is 0. The van der Waals surface area contributed by atoms with Crippen LogP contribution in [0, 0.1) is 0 Å². The van der Waals surface area contributed by atoms with Crippen molar-refractivity contribution in [3.63, 3.8) is 0 Å². The van der Waals surface area contributed by atoms with Crippen LogP contribution in [0.1, 0.15) is 65.2 Å². The van der Waals surface area contributed by atoms with Crippen LogP contribution >= 0.6 is 0 Å². The topological polar surface area (TPSA) is 26.3 Å². The Morgan fingerprint density at radius 1 is 1.27 bits per heavy atom. The molecule has 1 aliphatic heterocycles. The SMILES string of the molecule is CCCCCCCC(=O)C1(C)CCCO1. The summed E-state index contributed by atoms with van der Waals surface area (Å²) in [7, 11) is 0. The van der Waals surface area contributed by atoms with Crippen LogP contribution in [0.2, 0.25) is 0 Å². The smallest absolute Gasteiger partial charge is 0.164 e. The number of carbonyl (C=O) groups is 1. The van der Waals surface area contributed by atoms with Gasteiger partial charge < -0.3 is 4.74 Å². The van der Waals surface area contributed by atoms with Crippen LogP contribution in [-0.2, 0) is 9.53 Å². The molecule has 15 heavy (non-hydrogen) atoms. The predicted molar refractivity (Wildman–Crippen MR) is 62.0 cm³/mol. The zero-order chi connectivity index (χ0) is 11.1. The maximum Gasteiger partial charge on any atom is 0.164 e. The van der Waals surface area contributed by atoms with Crippen molar-refractivity contribution < 1.29 is 9.53 Å². The average Bonchev–Trinajstić information content (AvgIpc) is 2.66. The second-order valence-electron chi connectivity index (χ2n) is 4.77. The van der Waals surface area contributed by atoms with E-state index in [-0.39, 0.29) is 0 Å². The van der Waals surface area contributed by atoms with E-state index in [1.165, 1.54) is 25.7 Å². The second-order valence-corrected chi connectivity index (χ2v) is 4.77. The quantitative estimate of drug-likeness (QED) is 0.604. The molecule has 0 aromatic carbocycles. The van der Waals surface area contributed by atoms with Gasteiger partial charge in [0.05, 0.1) is 0 Å². The summed E-state index contributed by atoms with van der Waals surface area (Å²) in [5.74, 6) is 0.316. The Morgan fingerprint density at radius 3 is 2.60 bits per heavy atom. The molecule has 0 aromatic heterocycles. The molecule has 0 aliphatic carbocycles. The third kappa shape index (κ3) is 3.94. The predicted octanol–water partition coefficient (Wildman–Crippen LogP) is 3.49. The first kappa shape index (κ1) is 12.7. The van der Waals surface area contributed by atoms with E-state index >= 15 is 0 Å². The van der Waals surface area contributed by atoms with Crippen LogP contribution in [-0.4, -0.2) is 18.0 Å². The molecule has 0 amide bonds. The summed E-state index contributed by atoms with van der Waals surface area (Å²) < 4.78 is 5.53. The van der Waals surface area contributed by atoms with Gasteiger partial charge in [-0.25, -0.2) is 0 Å². The molecule has 88 valence electrons. The zero-order valence-corrected chi connectivity index (χ0v) is 10.2. The maximum atomic E-state index is 11.9. The molecule has 1 heterocycles. The Morgan fingerprint density at radius 2 is 2.00 bits per heavy atom. The number of hydrogen-bond donors (Lipinski definition) is 0. The highest BCUT2D eigenvalue weighted by Crippen LogP contribution is 2.27. The number of carbonyl (C=O) groups excluding carboxylic acids is 1. The van der Waals surface area contributed by atoms with Gasteiger partial charge in [-0.2, -0.15) is 0 Å². The minimum absolute atomic E-state index is 0.316. The molecule has 1 aliphatic rings. The number of unbranched alkanes of at least 4 members (excludes halogenated alkanes) is 4. The van der Waals surface area contributed by atoms with Crippen molar-refractivity contribution >= 4 is 5.78 Å². The van der Waals surface area contributed by atoms with Crippen molar-refractivity contribution in [2.45, 2.75) is 70.8 Å². The number of ether oxygens (including phenoxy) is 1. The van der Waals surface area contributed by atoms with E-state index in [2.05, 4.69) is 6.92 Å². The molecule has 0 spiro atoms. The van der Waals surface area contributed by atoms with E-state index in [0.717, 1.165) is 25.9 Å². The second kappa shape index (κ2) is 6.26. The van der Waals surface area contributed by atoms with Crippen LogP contribution in [0.15, 0.2) is 0 Å². The summed E-state index contributed by atoms with van der Waals surface area (Å²) in [6.45, 7) is 4.92. The maximum absolute atomic E-state index is 11.9. The Labute approximate surface area is 93.4 Å². The highest BCUT2D eigenvalue weighted by atomic mass is 16.5. The molecular weight excluding hydrogens is 188 g/mol. The molecule has 0 bridgehead atoms. The first-order valence-electron chi connectivity index (χ1n) is 6.36. The monoisotopic (exact) mass is 212 g/mol. The Bertz CT molecular complexity index is 193. The van der Waals surface area contributed by atoms with Crippen molar-refractivity contribution in [1.29, 1.82) is 0 Å². The van der Waals surface area contributed by atoms with Crippen LogP contribution in [0.25, 0.3) is 0 Å². The van der Waals surface area contributed by atoms with Crippen molar-refractivity contribution in [2.24, 2.45) is 0 Å². The standard InChI is InChI=1S/C13H24O2/c1-3-4-5-6-7-9-12(14)13(2)10-8-11-15-13/h3-11H2,1-2H3. The van der Waals surface area contributed by atoms with Gasteiger partial charge in [-0.15, -0.1) is 0 Å². The minimum Gasteiger partial charge on any atom is -0.368 e. The van der Waals surface area contributed by atoms with E-state index in [9.17, 15) is 4.79 Å². The molecule has 0 saturated carbocycles. The van der Waals surface area contributed by atoms with Gasteiger partial charge in [0.1, 0.15) is 5.60 Å². The summed E-state index contributed by atoms with van der Waals surface area (Å²) >= 11 is 0. The van der Waals surface area contributed by atoms with Gasteiger partial charge in [0.25, 0.3) is 0 Å². The fourth-order valence-electron chi connectivity index (χ4n) is 2.15. The lowest BCUT2D eigenvalue weighted by molar-refractivity contribution is -0.137. The van der Waals surface area contributed by atoms with Crippen LogP contribution in [0.5, 0.6) is 0 Å². The largest absolute Gasteiger partial charge is 0.368 e.